The monoisotopic (exact) mass is 664 g/mol. The van der Waals surface area contributed by atoms with Crippen LogP contribution in [0.4, 0.5) is 0 Å². The number of nitrogens with zero attached hydrogens (tertiary/aromatic N) is 4. The Hall–Kier alpha value is -7.11. The summed E-state index contributed by atoms with van der Waals surface area (Å²) >= 11 is 0. The van der Waals surface area contributed by atoms with E-state index in [0.717, 1.165) is 71.5 Å². The van der Waals surface area contributed by atoms with Crippen molar-refractivity contribution in [3.63, 3.8) is 0 Å². The van der Waals surface area contributed by atoms with E-state index in [9.17, 15) is 0 Å². The number of benzene rings is 8. The standard InChI is InChI=1S/C47H28N4O/c1-2-15-34(16-3-1)51-39-20-10-8-18-36(39)37-25-24-33(27-40(37)51)46-48-45(32-23-22-29-12-4-5-13-30(29)26-32)49-47(50-46)44-35-17-7-6-14-31(35)28-42-43(44)38-19-9-11-21-41(38)52-42/h1-28H. The summed E-state index contributed by atoms with van der Waals surface area (Å²) in [6, 6.07) is 59.1. The van der Waals surface area contributed by atoms with Crippen molar-refractivity contribution in [1.29, 1.82) is 0 Å². The van der Waals surface area contributed by atoms with E-state index < -0.39 is 0 Å². The Labute approximate surface area is 298 Å². The molecule has 0 amide bonds. The summed E-state index contributed by atoms with van der Waals surface area (Å²) in [5.74, 6) is 1.82. The Bertz CT molecular complexity index is 3190. The van der Waals surface area contributed by atoms with Gasteiger partial charge < -0.3 is 8.98 Å². The summed E-state index contributed by atoms with van der Waals surface area (Å²) in [4.78, 5) is 15.8. The van der Waals surface area contributed by atoms with Gasteiger partial charge in [-0.3, -0.25) is 0 Å². The molecule has 0 aliphatic carbocycles. The molecule has 11 rings (SSSR count). The Balaban J connectivity index is 1.23. The van der Waals surface area contributed by atoms with Gasteiger partial charge in [0.2, 0.25) is 0 Å². The van der Waals surface area contributed by atoms with Crippen LogP contribution >= 0.6 is 0 Å². The van der Waals surface area contributed by atoms with Crippen LogP contribution in [0.25, 0.3) is 105 Å². The predicted molar refractivity (Wildman–Crippen MR) is 213 cm³/mol. The van der Waals surface area contributed by atoms with Crippen molar-refractivity contribution in [2.45, 2.75) is 0 Å². The highest BCUT2D eigenvalue weighted by molar-refractivity contribution is 6.20. The van der Waals surface area contributed by atoms with Gasteiger partial charge in [-0.2, -0.15) is 0 Å². The molecule has 0 unspecified atom stereocenters. The second-order valence-corrected chi connectivity index (χ2v) is 13.2. The van der Waals surface area contributed by atoms with E-state index in [1.807, 2.05) is 12.1 Å². The van der Waals surface area contributed by atoms with Crippen LogP contribution in [-0.2, 0) is 0 Å². The zero-order valence-corrected chi connectivity index (χ0v) is 27.9. The molecule has 0 bridgehead atoms. The molecule has 5 heteroatoms. The molecule has 52 heavy (non-hydrogen) atoms. The highest BCUT2D eigenvalue weighted by atomic mass is 16.3. The van der Waals surface area contributed by atoms with Crippen molar-refractivity contribution < 1.29 is 4.42 Å². The summed E-state index contributed by atoms with van der Waals surface area (Å²) in [6.45, 7) is 0. The van der Waals surface area contributed by atoms with E-state index in [4.69, 9.17) is 19.4 Å². The van der Waals surface area contributed by atoms with Gasteiger partial charge in [0.1, 0.15) is 11.2 Å². The number of para-hydroxylation sites is 3. The van der Waals surface area contributed by atoms with E-state index >= 15 is 0 Å². The molecule has 0 spiro atoms. The quantitative estimate of drug-likeness (QED) is 0.188. The third-order valence-corrected chi connectivity index (χ3v) is 10.2. The third-order valence-electron chi connectivity index (χ3n) is 10.2. The highest BCUT2D eigenvalue weighted by Crippen LogP contribution is 2.42. The molecule has 0 saturated heterocycles. The minimum atomic E-state index is 0.602. The van der Waals surface area contributed by atoms with Crippen LogP contribution < -0.4 is 0 Å². The number of aromatic nitrogens is 4. The van der Waals surface area contributed by atoms with Crippen molar-refractivity contribution >= 4 is 65.3 Å². The maximum absolute atomic E-state index is 6.46. The Kier molecular flexibility index (Phi) is 6.18. The van der Waals surface area contributed by atoms with Crippen LogP contribution in [0.2, 0.25) is 0 Å². The first-order chi connectivity index (χ1) is 25.8. The van der Waals surface area contributed by atoms with Gasteiger partial charge in [0.05, 0.1) is 11.0 Å². The topological polar surface area (TPSA) is 56.7 Å². The van der Waals surface area contributed by atoms with E-state index in [2.05, 4.69) is 162 Å². The Morgan fingerprint density at radius 2 is 1.00 bits per heavy atom. The Morgan fingerprint density at radius 3 is 1.85 bits per heavy atom. The zero-order chi connectivity index (χ0) is 34.2. The second kappa shape index (κ2) is 11.2. The van der Waals surface area contributed by atoms with Crippen molar-refractivity contribution in [3.8, 4) is 39.9 Å². The molecule has 0 N–H and O–H groups in total. The van der Waals surface area contributed by atoms with Gasteiger partial charge in [0.25, 0.3) is 0 Å². The third kappa shape index (κ3) is 4.39. The largest absolute Gasteiger partial charge is 0.456 e. The van der Waals surface area contributed by atoms with Gasteiger partial charge in [0, 0.05) is 43.9 Å². The van der Waals surface area contributed by atoms with Crippen molar-refractivity contribution in [3.05, 3.63) is 170 Å². The van der Waals surface area contributed by atoms with Crippen LogP contribution in [0.1, 0.15) is 0 Å². The van der Waals surface area contributed by atoms with E-state index in [1.54, 1.807) is 0 Å². The van der Waals surface area contributed by atoms with Crippen molar-refractivity contribution in [1.82, 2.24) is 19.5 Å². The van der Waals surface area contributed by atoms with Crippen LogP contribution in [0.15, 0.2) is 174 Å². The zero-order valence-electron chi connectivity index (χ0n) is 27.9. The molecule has 5 nitrogen and oxygen atoms in total. The smallest absolute Gasteiger partial charge is 0.165 e. The second-order valence-electron chi connectivity index (χ2n) is 13.2. The molecule has 11 aromatic rings. The molecule has 0 radical (unpaired) electrons. The summed E-state index contributed by atoms with van der Waals surface area (Å²) in [6.07, 6.45) is 0. The van der Waals surface area contributed by atoms with E-state index in [-0.39, 0.29) is 0 Å². The normalized spacial score (nSPS) is 11.8. The summed E-state index contributed by atoms with van der Waals surface area (Å²) in [5, 5.41) is 8.82. The lowest BCUT2D eigenvalue weighted by molar-refractivity contribution is 0.669. The first-order valence-corrected chi connectivity index (χ1v) is 17.4. The molecule has 3 aromatic heterocycles. The summed E-state index contributed by atoms with van der Waals surface area (Å²) < 4.78 is 8.78. The number of rotatable bonds is 4. The fourth-order valence-corrected chi connectivity index (χ4v) is 7.82. The highest BCUT2D eigenvalue weighted by Gasteiger charge is 2.22. The molecule has 0 aliphatic heterocycles. The number of furan rings is 1. The van der Waals surface area contributed by atoms with Gasteiger partial charge >= 0.3 is 0 Å². The number of hydrogen-bond donors (Lipinski definition) is 0. The lowest BCUT2D eigenvalue weighted by Crippen LogP contribution is -2.01. The first-order valence-electron chi connectivity index (χ1n) is 17.4. The molecule has 3 heterocycles. The van der Waals surface area contributed by atoms with Gasteiger partial charge in [-0.05, 0) is 64.0 Å². The van der Waals surface area contributed by atoms with E-state index in [0.29, 0.717) is 17.5 Å². The number of hydrogen-bond acceptors (Lipinski definition) is 4. The lowest BCUT2D eigenvalue weighted by Gasteiger charge is -2.13. The molecule has 0 aliphatic rings. The Morgan fingerprint density at radius 1 is 0.385 bits per heavy atom. The first kappa shape index (κ1) is 28.7. The maximum atomic E-state index is 6.46. The predicted octanol–water partition coefficient (Wildman–Crippen LogP) is 12.2. The average Bonchev–Trinajstić information content (AvgIpc) is 3.75. The van der Waals surface area contributed by atoms with Crippen LogP contribution in [-0.4, -0.2) is 19.5 Å². The average molecular weight is 665 g/mol. The molecule has 0 atom stereocenters. The van der Waals surface area contributed by atoms with Crippen molar-refractivity contribution in [2.75, 3.05) is 0 Å². The van der Waals surface area contributed by atoms with Crippen LogP contribution in [0.5, 0.6) is 0 Å². The van der Waals surface area contributed by atoms with Gasteiger partial charge in [-0.15, -0.1) is 0 Å². The van der Waals surface area contributed by atoms with Gasteiger partial charge in [-0.1, -0.05) is 127 Å². The van der Waals surface area contributed by atoms with Crippen molar-refractivity contribution in [2.24, 2.45) is 0 Å². The van der Waals surface area contributed by atoms with Crippen LogP contribution in [0, 0.1) is 0 Å². The number of fused-ring (bicyclic) bond motifs is 8. The molecule has 242 valence electrons. The summed E-state index contributed by atoms with van der Waals surface area (Å²) in [5.41, 5.74) is 7.75. The minimum Gasteiger partial charge on any atom is -0.456 e. The lowest BCUT2D eigenvalue weighted by atomic mass is 9.97. The summed E-state index contributed by atoms with van der Waals surface area (Å²) in [7, 11) is 0. The molecule has 8 aromatic carbocycles. The van der Waals surface area contributed by atoms with E-state index in [1.165, 1.54) is 16.2 Å². The minimum absolute atomic E-state index is 0.602. The molecular weight excluding hydrogens is 637 g/mol. The SMILES string of the molecule is c1ccc(-n2c3ccccc3c3ccc(-c4nc(-c5ccc6ccccc6c5)nc(-c5c6ccccc6cc6oc7ccccc7c56)n4)cc32)cc1. The van der Waals surface area contributed by atoms with Gasteiger partial charge in [0.15, 0.2) is 17.5 Å². The molecular formula is C47H28N4O. The fourth-order valence-electron chi connectivity index (χ4n) is 7.82. The fraction of sp³-hybridized carbons (Fsp3) is 0. The maximum Gasteiger partial charge on any atom is 0.165 e. The molecule has 0 fully saturated rings. The van der Waals surface area contributed by atoms with Gasteiger partial charge in [-0.25, -0.2) is 15.0 Å². The van der Waals surface area contributed by atoms with Crippen LogP contribution in [0.3, 0.4) is 0 Å². The molecule has 0 saturated carbocycles.